The highest BCUT2D eigenvalue weighted by Gasteiger charge is 2.18. The van der Waals surface area contributed by atoms with Gasteiger partial charge in [0.05, 0.1) is 13.7 Å². The lowest BCUT2D eigenvalue weighted by molar-refractivity contribution is 0.121. The largest absolute Gasteiger partial charge is 0.497 e. The number of hydrogen-bond acceptors (Lipinski definition) is 4. The summed E-state index contributed by atoms with van der Waals surface area (Å²) in [6.45, 7) is 8.73. The Morgan fingerprint density at radius 1 is 1.24 bits per heavy atom. The quantitative estimate of drug-likeness (QED) is 0.272. The predicted molar refractivity (Wildman–Crippen MR) is 132 cm³/mol. The van der Waals surface area contributed by atoms with Crippen LogP contribution < -0.4 is 15.4 Å². The first-order valence-corrected chi connectivity index (χ1v) is 10.6. The van der Waals surface area contributed by atoms with Crippen LogP contribution in [0.15, 0.2) is 23.2 Å². The van der Waals surface area contributed by atoms with Gasteiger partial charge >= 0.3 is 0 Å². The highest BCUT2D eigenvalue weighted by Crippen LogP contribution is 2.22. The van der Waals surface area contributed by atoms with Gasteiger partial charge in [-0.1, -0.05) is 17.7 Å². The van der Waals surface area contributed by atoms with Crippen molar-refractivity contribution < 1.29 is 9.47 Å². The number of guanidine groups is 1. The van der Waals surface area contributed by atoms with Crippen molar-refractivity contribution in [3.8, 4) is 5.75 Å². The average molecular weight is 539 g/mol. The van der Waals surface area contributed by atoms with Crippen molar-refractivity contribution >= 4 is 41.5 Å². The van der Waals surface area contributed by atoms with Crippen molar-refractivity contribution in [2.24, 2.45) is 10.9 Å². The molecule has 0 bridgehead atoms. The first-order chi connectivity index (χ1) is 13.7. The third kappa shape index (κ3) is 9.72. The van der Waals surface area contributed by atoms with E-state index in [1.807, 2.05) is 18.2 Å². The van der Waals surface area contributed by atoms with Gasteiger partial charge in [0.1, 0.15) is 5.75 Å². The standard InChI is InChI=1S/C21H35ClN4O2.HI/c1-4-23-21(24-10-7-18-5-6-19(28-3)15-20(18)22)25-16-17-8-11-26(12-9-17)13-14-27-2;/h5-6,15,17H,4,7-14,16H2,1-3H3,(H2,23,24,25);1H. The van der Waals surface area contributed by atoms with E-state index in [-0.39, 0.29) is 24.0 Å². The number of ether oxygens (including phenoxy) is 2. The van der Waals surface area contributed by atoms with Gasteiger partial charge in [-0.15, -0.1) is 24.0 Å². The van der Waals surface area contributed by atoms with E-state index in [0.717, 1.165) is 74.6 Å². The number of benzene rings is 1. The summed E-state index contributed by atoms with van der Waals surface area (Å²) in [5.74, 6) is 2.32. The van der Waals surface area contributed by atoms with E-state index < -0.39 is 0 Å². The number of nitrogens with one attached hydrogen (secondary N) is 2. The van der Waals surface area contributed by atoms with Gasteiger partial charge in [-0.05, 0) is 62.9 Å². The zero-order valence-corrected chi connectivity index (χ0v) is 21.0. The molecule has 1 aliphatic rings. The van der Waals surface area contributed by atoms with Crippen molar-refractivity contribution in [3.05, 3.63) is 28.8 Å². The number of piperidine rings is 1. The van der Waals surface area contributed by atoms with Crippen LogP contribution in [0.1, 0.15) is 25.3 Å². The van der Waals surface area contributed by atoms with Gasteiger partial charge in [-0.25, -0.2) is 0 Å². The molecule has 1 aromatic carbocycles. The minimum Gasteiger partial charge on any atom is -0.497 e. The maximum absolute atomic E-state index is 6.33. The zero-order chi connectivity index (χ0) is 20.2. The van der Waals surface area contributed by atoms with E-state index in [1.165, 1.54) is 12.8 Å². The summed E-state index contributed by atoms with van der Waals surface area (Å²) in [5, 5.41) is 7.50. The first kappa shape index (κ1) is 26.3. The Hall–Kier alpha value is -0.770. The third-order valence-electron chi connectivity index (χ3n) is 5.12. The summed E-state index contributed by atoms with van der Waals surface area (Å²) in [4.78, 5) is 7.28. The predicted octanol–water partition coefficient (Wildman–Crippen LogP) is 3.42. The van der Waals surface area contributed by atoms with Gasteiger partial charge in [0.15, 0.2) is 5.96 Å². The molecule has 0 saturated carbocycles. The second-order valence-electron chi connectivity index (χ2n) is 7.13. The molecule has 29 heavy (non-hydrogen) atoms. The molecule has 2 rings (SSSR count). The SMILES string of the molecule is CCNC(=NCC1CCN(CCOC)CC1)NCCc1ccc(OC)cc1Cl.I. The minimum atomic E-state index is 0. The number of nitrogens with zero attached hydrogens (tertiary/aromatic N) is 2. The fraction of sp³-hybridized carbons (Fsp3) is 0.667. The maximum Gasteiger partial charge on any atom is 0.191 e. The maximum atomic E-state index is 6.33. The molecule has 1 aliphatic heterocycles. The van der Waals surface area contributed by atoms with Crippen LogP contribution in [-0.4, -0.2) is 71.0 Å². The lowest BCUT2D eigenvalue weighted by atomic mass is 9.97. The molecule has 1 fully saturated rings. The highest BCUT2D eigenvalue weighted by atomic mass is 127. The molecular weight excluding hydrogens is 503 g/mol. The van der Waals surface area contributed by atoms with E-state index in [4.69, 9.17) is 26.1 Å². The molecule has 0 spiro atoms. The molecule has 1 aromatic rings. The van der Waals surface area contributed by atoms with E-state index in [9.17, 15) is 0 Å². The lowest BCUT2D eigenvalue weighted by Gasteiger charge is -2.31. The number of rotatable bonds is 10. The van der Waals surface area contributed by atoms with E-state index in [2.05, 4.69) is 22.5 Å². The smallest absolute Gasteiger partial charge is 0.191 e. The normalized spacial score (nSPS) is 15.7. The van der Waals surface area contributed by atoms with Crippen LogP contribution in [0.3, 0.4) is 0 Å². The topological polar surface area (TPSA) is 58.1 Å². The Bertz CT molecular complexity index is 610. The monoisotopic (exact) mass is 538 g/mol. The molecule has 8 heteroatoms. The molecule has 1 saturated heterocycles. The Morgan fingerprint density at radius 2 is 2.00 bits per heavy atom. The molecule has 0 amide bonds. The summed E-state index contributed by atoms with van der Waals surface area (Å²) in [6.07, 6.45) is 3.24. The molecule has 0 aromatic heterocycles. The van der Waals surface area contributed by atoms with Crippen LogP contribution in [0.4, 0.5) is 0 Å². The van der Waals surface area contributed by atoms with Gasteiger partial charge in [-0.2, -0.15) is 0 Å². The molecule has 6 nitrogen and oxygen atoms in total. The van der Waals surface area contributed by atoms with Crippen molar-refractivity contribution in [3.63, 3.8) is 0 Å². The fourth-order valence-electron chi connectivity index (χ4n) is 3.35. The molecule has 0 aliphatic carbocycles. The summed E-state index contributed by atoms with van der Waals surface area (Å²) >= 11 is 6.33. The average Bonchev–Trinajstić information content (AvgIpc) is 2.72. The molecule has 0 radical (unpaired) electrons. The van der Waals surface area contributed by atoms with Crippen molar-refractivity contribution in [1.29, 1.82) is 0 Å². The zero-order valence-electron chi connectivity index (χ0n) is 17.9. The summed E-state index contributed by atoms with van der Waals surface area (Å²) in [7, 11) is 3.41. The number of methoxy groups -OCH3 is 2. The summed E-state index contributed by atoms with van der Waals surface area (Å²) < 4.78 is 10.4. The van der Waals surface area contributed by atoms with Crippen LogP contribution in [0.25, 0.3) is 0 Å². The van der Waals surface area contributed by atoms with Gasteiger partial charge in [0.2, 0.25) is 0 Å². The molecule has 0 atom stereocenters. The number of likely N-dealkylation sites (tertiary alicyclic amines) is 1. The highest BCUT2D eigenvalue weighted by molar-refractivity contribution is 14.0. The second-order valence-corrected chi connectivity index (χ2v) is 7.54. The fourth-order valence-corrected chi connectivity index (χ4v) is 3.61. The Kier molecular flexibility index (Phi) is 13.7. The molecule has 2 N–H and O–H groups in total. The van der Waals surface area contributed by atoms with E-state index in [1.54, 1.807) is 14.2 Å². The first-order valence-electron chi connectivity index (χ1n) is 10.2. The molecule has 0 unspecified atom stereocenters. The number of aliphatic imine (C=N–C) groups is 1. The lowest BCUT2D eigenvalue weighted by Crippen LogP contribution is -2.40. The van der Waals surface area contributed by atoms with Crippen molar-refractivity contribution in [2.75, 3.05) is 60.1 Å². The summed E-state index contributed by atoms with van der Waals surface area (Å²) in [6, 6.07) is 5.82. The van der Waals surface area contributed by atoms with Crippen molar-refractivity contribution in [1.82, 2.24) is 15.5 Å². The number of hydrogen-bond donors (Lipinski definition) is 2. The number of halogens is 2. The van der Waals surface area contributed by atoms with Gasteiger partial charge < -0.3 is 25.0 Å². The Balaban J connectivity index is 0.00000420. The molecule has 1 heterocycles. The van der Waals surface area contributed by atoms with E-state index in [0.29, 0.717) is 5.92 Å². The molecular formula is C21H36ClIN4O2. The van der Waals surface area contributed by atoms with Crippen LogP contribution >= 0.6 is 35.6 Å². The van der Waals surface area contributed by atoms with Crippen LogP contribution in [0, 0.1) is 5.92 Å². The van der Waals surface area contributed by atoms with Gasteiger partial charge in [-0.3, -0.25) is 4.99 Å². The Morgan fingerprint density at radius 3 is 2.62 bits per heavy atom. The van der Waals surface area contributed by atoms with Gasteiger partial charge in [0, 0.05) is 38.3 Å². The minimum absolute atomic E-state index is 0. The molecule has 166 valence electrons. The second kappa shape index (κ2) is 15.1. The van der Waals surface area contributed by atoms with Gasteiger partial charge in [0.25, 0.3) is 0 Å². The van der Waals surface area contributed by atoms with Crippen LogP contribution in [0.5, 0.6) is 5.75 Å². The van der Waals surface area contributed by atoms with Crippen LogP contribution in [-0.2, 0) is 11.2 Å². The van der Waals surface area contributed by atoms with Crippen LogP contribution in [0.2, 0.25) is 5.02 Å². The third-order valence-corrected chi connectivity index (χ3v) is 5.47. The van der Waals surface area contributed by atoms with E-state index >= 15 is 0 Å². The van der Waals surface area contributed by atoms with Crippen molar-refractivity contribution in [2.45, 2.75) is 26.2 Å². The Labute approximate surface area is 197 Å². The summed E-state index contributed by atoms with van der Waals surface area (Å²) in [5.41, 5.74) is 1.11.